The van der Waals surface area contributed by atoms with Crippen LogP contribution in [0, 0.1) is 29.1 Å². The van der Waals surface area contributed by atoms with Gasteiger partial charge in [-0.05, 0) is 69.6 Å². The Morgan fingerprint density at radius 2 is 1.71 bits per heavy atom. The first-order valence-electron chi connectivity index (χ1n) is 14.6. The van der Waals surface area contributed by atoms with E-state index in [-0.39, 0.29) is 23.5 Å². The van der Waals surface area contributed by atoms with Crippen LogP contribution < -0.4 is 0 Å². The Morgan fingerprint density at radius 1 is 1.02 bits per heavy atom. The van der Waals surface area contributed by atoms with Crippen LogP contribution in [0.1, 0.15) is 38.3 Å². The van der Waals surface area contributed by atoms with Crippen molar-refractivity contribution in [3.63, 3.8) is 0 Å². The van der Waals surface area contributed by atoms with Crippen molar-refractivity contribution in [2.24, 2.45) is 22.2 Å². The quantitative estimate of drug-likeness (QED) is 0.212. The van der Waals surface area contributed by atoms with E-state index in [2.05, 4.69) is 39.6 Å². The monoisotopic (exact) mass is 596 g/mol. The molecule has 0 aromatic heterocycles. The SMILES string of the molecule is Cc1ccc(S(=O)(=O)OC2=C[C@@]34[C@H](C)C[C@H]5O[C@]53[C@@]3(C)CO[C@@](OCc5ccccc5)([C@@H]4O[Si](C)(C)C)[C@]23C)cc1. The fourth-order valence-corrected chi connectivity index (χ4v) is 10.9. The van der Waals surface area contributed by atoms with Gasteiger partial charge in [0, 0.05) is 5.41 Å². The average molecular weight is 597 g/mol. The Bertz CT molecular complexity index is 1540. The molecule has 6 aliphatic rings. The summed E-state index contributed by atoms with van der Waals surface area (Å²) >= 11 is 0. The van der Waals surface area contributed by atoms with Crippen molar-refractivity contribution in [1.82, 2.24) is 0 Å². The van der Waals surface area contributed by atoms with E-state index in [4.69, 9.17) is 22.8 Å². The van der Waals surface area contributed by atoms with Crippen LogP contribution in [-0.2, 0) is 39.5 Å². The summed E-state index contributed by atoms with van der Waals surface area (Å²) in [5, 5.41) is 0. The van der Waals surface area contributed by atoms with Gasteiger partial charge in [-0.25, -0.2) is 0 Å². The van der Waals surface area contributed by atoms with Crippen LogP contribution in [0.15, 0.2) is 71.3 Å². The molecule has 2 aromatic carbocycles. The molecule has 220 valence electrons. The van der Waals surface area contributed by atoms with Crippen LogP contribution in [0.25, 0.3) is 0 Å². The smallest absolute Gasteiger partial charge is 0.338 e. The topological polar surface area (TPSA) is 83.6 Å². The van der Waals surface area contributed by atoms with E-state index in [0.717, 1.165) is 17.5 Å². The van der Waals surface area contributed by atoms with Gasteiger partial charge in [0.05, 0.1) is 30.1 Å². The first-order chi connectivity index (χ1) is 19.2. The molecule has 2 aliphatic heterocycles. The average Bonchev–Trinajstić information content (AvgIpc) is 3.51. The van der Waals surface area contributed by atoms with Gasteiger partial charge in [0.15, 0.2) is 8.32 Å². The van der Waals surface area contributed by atoms with E-state index in [1.165, 1.54) is 0 Å². The predicted molar refractivity (Wildman–Crippen MR) is 156 cm³/mol. The molecule has 7 nitrogen and oxygen atoms in total. The summed E-state index contributed by atoms with van der Waals surface area (Å²) < 4.78 is 61.6. The van der Waals surface area contributed by atoms with Crippen LogP contribution in [-0.4, -0.2) is 46.9 Å². The van der Waals surface area contributed by atoms with Crippen LogP contribution in [0.3, 0.4) is 0 Å². The first kappa shape index (κ1) is 27.8. The summed E-state index contributed by atoms with van der Waals surface area (Å²) in [4.78, 5) is 0.119. The summed E-state index contributed by atoms with van der Waals surface area (Å²) in [6.45, 7) is 15.5. The van der Waals surface area contributed by atoms with E-state index < -0.39 is 52.2 Å². The molecule has 41 heavy (non-hydrogen) atoms. The molecule has 8 rings (SSSR count). The largest absolute Gasteiger partial charge is 0.408 e. The van der Waals surface area contributed by atoms with Crippen LogP contribution in [0.5, 0.6) is 0 Å². The lowest BCUT2D eigenvalue weighted by molar-refractivity contribution is -0.354. The molecule has 2 aromatic rings. The second-order valence-corrected chi connectivity index (χ2v) is 20.1. The van der Waals surface area contributed by atoms with Crippen molar-refractivity contribution in [3.8, 4) is 0 Å². The summed E-state index contributed by atoms with van der Waals surface area (Å²) in [5.74, 6) is -0.783. The maximum Gasteiger partial charge on any atom is 0.338 e. The van der Waals surface area contributed by atoms with Crippen molar-refractivity contribution in [2.45, 2.75) is 88.9 Å². The number of hydrogen-bond donors (Lipinski definition) is 0. The van der Waals surface area contributed by atoms with Crippen LogP contribution >= 0.6 is 0 Å². The summed E-state index contributed by atoms with van der Waals surface area (Å²) in [5.41, 5.74) is -0.884. The van der Waals surface area contributed by atoms with Gasteiger partial charge >= 0.3 is 10.1 Å². The number of epoxide rings is 1. The van der Waals surface area contributed by atoms with Gasteiger partial charge in [0.2, 0.25) is 5.79 Å². The molecule has 2 saturated carbocycles. The zero-order chi connectivity index (χ0) is 29.3. The summed E-state index contributed by atoms with van der Waals surface area (Å²) in [6.07, 6.45) is 2.47. The van der Waals surface area contributed by atoms with Gasteiger partial charge in [-0.15, -0.1) is 0 Å². The minimum atomic E-state index is -4.14. The highest BCUT2D eigenvalue weighted by molar-refractivity contribution is 7.86. The molecule has 2 spiro atoms. The Labute approximate surface area is 244 Å². The molecular formula is C32H40O7SSi. The van der Waals surface area contributed by atoms with Crippen molar-refractivity contribution >= 4 is 18.4 Å². The maximum absolute atomic E-state index is 13.8. The Morgan fingerprint density at radius 3 is 2.37 bits per heavy atom. The Balaban J connectivity index is 1.44. The highest BCUT2D eigenvalue weighted by Gasteiger charge is 2.98. The van der Waals surface area contributed by atoms with E-state index in [1.807, 2.05) is 44.2 Å². The molecule has 2 saturated heterocycles. The number of hydrogen-bond acceptors (Lipinski definition) is 7. The lowest BCUT2D eigenvalue weighted by atomic mass is 9.38. The van der Waals surface area contributed by atoms with Gasteiger partial charge in [-0.2, -0.15) is 8.42 Å². The van der Waals surface area contributed by atoms with Crippen LogP contribution in [0.2, 0.25) is 19.6 Å². The third-order valence-electron chi connectivity index (χ3n) is 10.9. The van der Waals surface area contributed by atoms with Crippen molar-refractivity contribution in [1.29, 1.82) is 0 Å². The molecule has 2 heterocycles. The third kappa shape index (κ3) is 3.25. The zero-order valence-corrected chi connectivity index (χ0v) is 26.7. The number of aryl methyl sites for hydroxylation is 1. The van der Waals surface area contributed by atoms with Gasteiger partial charge in [0.1, 0.15) is 22.4 Å². The van der Waals surface area contributed by atoms with E-state index >= 15 is 0 Å². The minimum absolute atomic E-state index is 0.0508. The molecule has 9 heteroatoms. The van der Waals surface area contributed by atoms with Crippen molar-refractivity contribution < 1.29 is 31.2 Å². The van der Waals surface area contributed by atoms with Crippen molar-refractivity contribution in [3.05, 3.63) is 77.6 Å². The highest BCUT2D eigenvalue weighted by Crippen LogP contribution is 2.87. The Hall–Kier alpha value is -2.01. The van der Waals surface area contributed by atoms with Gasteiger partial charge in [0.25, 0.3) is 0 Å². The van der Waals surface area contributed by atoms with Crippen LogP contribution in [0.4, 0.5) is 0 Å². The lowest BCUT2D eigenvalue weighted by Gasteiger charge is -2.68. The fourth-order valence-electron chi connectivity index (χ4n) is 8.80. The molecule has 4 bridgehead atoms. The molecule has 0 N–H and O–H groups in total. The maximum atomic E-state index is 13.8. The predicted octanol–water partition coefficient (Wildman–Crippen LogP) is 5.95. The molecule has 4 aliphatic carbocycles. The molecule has 0 amide bonds. The molecule has 8 atom stereocenters. The van der Waals surface area contributed by atoms with E-state index in [9.17, 15) is 8.42 Å². The lowest BCUT2D eigenvalue weighted by Crippen LogP contribution is -2.79. The number of benzene rings is 2. The first-order valence-corrected chi connectivity index (χ1v) is 19.4. The molecular weight excluding hydrogens is 556 g/mol. The Kier molecular flexibility index (Phi) is 5.65. The van der Waals surface area contributed by atoms with Gasteiger partial charge < -0.3 is 22.8 Å². The molecule has 4 fully saturated rings. The second-order valence-electron chi connectivity index (χ2n) is 14.1. The number of ether oxygens (including phenoxy) is 3. The zero-order valence-electron chi connectivity index (χ0n) is 24.9. The third-order valence-corrected chi connectivity index (χ3v) is 13.1. The van der Waals surface area contributed by atoms with E-state index in [1.54, 1.807) is 24.3 Å². The van der Waals surface area contributed by atoms with Gasteiger partial charge in [-0.1, -0.05) is 61.9 Å². The molecule has 0 radical (unpaired) electrons. The van der Waals surface area contributed by atoms with Gasteiger partial charge in [-0.3, -0.25) is 0 Å². The fraction of sp³-hybridized carbons (Fsp3) is 0.562. The number of rotatable bonds is 8. The standard InChI is InChI=1S/C32H40O7SSi/c1-21-13-15-24(16-14-21)40(33,34)38-26-18-30-22(2)17-25-31(30,37-25)28(3)20-36-32(29(26,28)4,27(30)39-41(5,6)7)35-19-23-11-9-8-10-12-23/h8-16,18,22,25,27H,17,19-20H2,1-7H3/t22-,25-,27-,28+,29-,30+,31+,32+/m1/s1. The second kappa shape index (κ2) is 8.33. The highest BCUT2D eigenvalue weighted by atomic mass is 32.2. The van der Waals surface area contributed by atoms with Crippen molar-refractivity contribution in [2.75, 3.05) is 6.61 Å². The normalized spacial score (nSPS) is 42.0. The summed E-state index contributed by atoms with van der Waals surface area (Å²) in [6, 6.07) is 16.7. The molecule has 0 unspecified atom stereocenters. The van der Waals surface area contributed by atoms with E-state index in [0.29, 0.717) is 12.4 Å². The summed E-state index contributed by atoms with van der Waals surface area (Å²) in [7, 11) is -6.31. The minimum Gasteiger partial charge on any atom is -0.408 e.